The molecule has 0 spiro atoms. The Balaban J connectivity index is 1.03. The molecule has 0 bridgehead atoms. The fraction of sp³-hybridized carbons (Fsp3) is 0.429. The Bertz CT molecular complexity index is 1460. The summed E-state index contributed by atoms with van der Waals surface area (Å²) >= 11 is 0. The summed E-state index contributed by atoms with van der Waals surface area (Å²) in [6.45, 7) is 10.7. The number of rotatable bonds is 12. The summed E-state index contributed by atoms with van der Waals surface area (Å²) in [4.78, 5) is 26.8. The molecule has 4 atom stereocenters. The third-order valence-electron chi connectivity index (χ3n) is 8.29. The largest absolute Gasteiger partial charge is 0.492 e. The molecule has 45 heavy (non-hydrogen) atoms. The topological polar surface area (TPSA) is 89.1 Å². The van der Waals surface area contributed by atoms with Crippen LogP contribution in [0.15, 0.2) is 66.7 Å². The van der Waals surface area contributed by atoms with Crippen molar-refractivity contribution in [1.29, 1.82) is 0 Å². The van der Waals surface area contributed by atoms with E-state index in [0.29, 0.717) is 56.3 Å². The first kappa shape index (κ1) is 32.2. The maximum Gasteiger partial charge on any atom is 0.347 e. The van der Waals surface area contributed by atoms with Crippen LogP contribution in [0.5, 0.6) is 11.5 Å². The number of fused-ring (bicyclic) bond motifs is 1. The van der Waals surface area contributed by atoms with Crippen molar-refractivity contribution in [2.24, 2.45) is 11.8 Å². The number of urea groups is 1. The van der Waals surface area contributed by atoms with Gasteiger partial charge in [0, 0.05) is 38.2 Å². The van der Waals surface area contributed by atoms with E-state index in [0.717, 1.165) is 29.5 Å². The first-order valence-electron chi connectivity index (χ1n) is 15.4. The Kier molecular flexibility index (Phi) is 9.92. The smallest absolute Gasteiger partial charge is 0.347 e. The molecule has 5 rings (SSSR count). The van der Waals surface area contributed by atoms with Gasteiger partial charge >= 0.3 is 12.0 Å². The van der Waals surface area contributed by atoms with Crippen molar-refractivity contribution in [3.63, 3.8) is 0 Å². The van der Waals surface area contributed by atoms with Gasteiger partial charge in [-0.3, -0.25) is 0 Å². The van der Waals surface area contributed by atoms with Gasteiger partial charge in [-0.1, -0.05) is 45.0 Å². The number of halogens is 2. The average molecular weight is 622 g/mol. The van der Waals surface area contributed by atoms with E-state index in [2.05, 4.69) is 31.4 Å². The molecule has 2 amide bonds. The standard InChI is InChI=1S/C35H41F2N3O5/c1-5-43-33(41)31(45-26-13-8-23(9-14-26)35(2,3)4)18-22-6-11-25(12-7-22)44-17-16-38-32-27-20-40(21-28(27)32)34(42)39-30-19-24(36)10-15-29(30)37/h6-15,19,27-28,31-32,38H,5,16-18,20-21H2,1-4H3,(H,39,42)/t27-,28?,31+,32?/m1/s1. The highest BCUT2D eigenvalue weighted by atomic mass is 19.1. The van der Waals surface area contributed by atoms with Gasteiger partial charge in [0.2, 0.25) is 0 Å². The molecule has 3 aromatic rings. The van der Waals surface area contributed by atoms with E-state index < -0.39 is 29.7 Å². The van der Waals surface area contributed by atoms with Crippen molar-refractivity contribution in [3.8, 4) is 11.5 Å². The lowest BCUT2D eigenvalue weighted by molar-refractivity contribution is -0.151. The average Bonchev–Trinajstić information content (AvgIpc) is 3.44. The van der Waals surface area contributed by atoms with E-state index in [4.69, 9.17) is 14.2 Å². The number of esters is 1. The second-order valence-electron chi connectivity index (χ2n) is 12.6. The molecule has 240 valence electrons. The normalized spacial score (nSPS) is 19.4. The van der Waals surface area contributed by atoms with Crippen LogP contribution in [0.1, 0.15) is 38.8 Å². The molecule has 1 aliphatic heterocycles. The lowest BCUT2D eigenvalue weighted by Crippen LogP contribution is -2.39. The Labute approximate surface area is 263 Å². The minimum Gasteiger partial charge on any atom is -0.492 e. The molecule has 2 aliphatic rings. The number of hydrogen-bond acceptors (Lipinski definition) is 6. The van der Waals surface area contributed by atoms with Crippen LogP contribution < -0.4 is 20.1 Å². The molecular formula is C35H41F2N3O5. The van der Waals surface area contributed by atoms with Crippen LogP contribution in [0.25, 0.3) is 0 Å². The molecule has 2 N–H and O–H groups in total. The molecule has 1 aliphatic carbocycles. The number of nitrogens with one attached hydrogen (secondary N) is 2. The maximum absolute atomic E-state index is 13.9. The Morgan fingerprint density at radius 1 is 0.956 bits per heavy atom. The molecule has 8 nitrogen and oxygen atoms in total. The van der Waals surface area contributed by atoms with E-state index in [-0.39, 0.29) is 17.7 Å². The predicted molar refractivity (Wildman–Crippen MR) is 168 cm³/mol. The van der Waals surface area contributed by atoms with Crippen LogP contribution in [0.4, 0.5) is 19.3 Å². The van der Waals surface area contributed by atoms with Crippen LogP contribution in [-0.4, -0.2) is 61.9 Å². The maximum atomic E-state index is 13.9. The number of carbonyl (C=O) groups excluding carboxylic acids is 2. The predicted octanol–water partition coefficient (Wildman–Crippen LogP) is 5.95. The summed E-state index contributed by atoms with van der Waals surface area (Å²) in [6, 6.07) is 18.2. The molecule has 1 saturated carbocycles. The summed E-state index contributed by atoms with van der Waals surface area (Å²) in [7, 11) is 0. The third-order valence-corrected chi connectivity index (χ3v) is 8.29. The van der Waals surface area contributed by atoms with E-state index in [1.165, 1.54) is 5.56 Å². The minimum absolute atomic E-state index is 0.0221. The van der Waals surface area contributed by atoms with Crippen molar-refractivity contribution in [1.82, 2.24) is 10.2 Å². The zero-order valence-corrected chi connectivity index (χ0v) is 26.1. The fourth-order valence-electron chi connectivity index (χ4n) is 5.72. The summed E-state index contributed by atoms with van der Waals surface area (Å²) in [5.74, 6) is 0.314. The molecule has 2 unspecified atom stereocenters. The number of hydrogen-bond donors (Lipinski definition) is 2. The van der Waals surface area contributed by atoms with Crippen LogP contribution >= 0.6 is 0 Å². The highest BCUT2D eigenvalue weighted by Gasteiger charge is 2.56. The highest BCUT2D eigenvalue weighted by molar-refractivity contribution is 5.89. The summed E-state index contributed by atoms with van der Waals surface area (Å²) in [5, 5.41) is 5.95. The SMILES string of the molecule is CCOC(=O)[C@H](Cc1ccc(OCCNC2C3CN(C(=O)Nc4cc(F)ccc4F)C[C@H]32)cc1)Oc1ccc(C(C)(C)C)cc1. The number of anilines is 1. The van der Waals surface area contributed by atoms with Crippen molar-refractivity contribution in [3.05, 3.63) is 89.5 Å². The number of nitrogens with zero attached hydrogens (tertiary/aromatic N) is 1. The molecule has 0 aromatic heterocycles. The number of likely N-dealkylation sites (tertiary alicyclic amines) is 1. The van der Waals surface area contributed by atoms with Crippen LogP contribution in [0, 0.1) is 23.5 Å². The lowest BCUT2D eigenvalue weighted by Gasteiger charge is -2.21. The zero-order chi connectivity index (χ0) is 32.1. The van der Waals surface area contributed by atoms with Gasteiger partial charge in [0.25, 0.3) is 0 Å². The quantitative estimate of drug-likeness (QED) is 0.192. The first-order valence-corrected chi connectivity index (χ1v) is 15.4. The van der Waals surface area contributed by atoms with E-state index in [1.54, 1.807) is 11.8 Å². The van der Waals surface area contributed by atoms with Crippen LogP contribution in [-0.2, 0) is 21.4 Å². The highest BCUT2D eigenvalue weighted by Crippen LogP contribution is 2.45. The first-order chi connectivity index (χ1) is 21.5. The van der Waals surface area contributed by atoms with Crippen LogP contribution in [0.2, 0.25) is 0 Å². The molecule has 1 heterocycles. The van der Waals surface area contributed by atoms with Gasteiger partial charge in [0.1, 0.15) is 29.7 Å². The van der Waals surface area contributed by atoms with Crippen molar-refractivity contribution < 1.29 is 32.6 Å². The minimum atomic E-state index is -0.774. The summed E-state index contributed by atoms with van der Waals surface area (Å²) in [5.41, 5.74) is 1.97. The second-order valence-corrected chi connectivity index (χ2v) is 12.6. The van der Waals surface area contributed by atoms with Crippen molar-refractivity contribution >= 4 is 17.7 Å². The van der Waals surface area contributed by atoms with Gasteiger partial charge in [-0.15, -0.1) is 0 Å². The third kappa shape index (κ3) is 8.30. The number of ether oxygens (including phenoxy) is 3. The Hall–Kier alpha value is -4.18. The Morgan fingerprint density at radius 3 is 2.27 bits per heavy atom. The molecular weight excluding hydrogens is 580 g/mol. The number of amides is 2. The molecule has 2 fully saturated rings. The number of carbonyl (C=O) groups is 2. The summed E-state index contributed by atoms with van der Waals surface area (Å²) in [6.07, 6.45) is -0.415. The summed E-state index contributed by atoms with van der Waals surface area (Å²) < 4.78 is 44.5. The van der Waals surface area contributed by atoms with Crippen LogP contribution in [0.3, 0.4) is 0 Å². The monoisotopic (exact) mass is 621 g/mol. The second kappa shape index (κ2) is 13.9. The Morgan fingerprint density at radius 2 is 1.62 bits per heavy atom. The van der Waals surface area contributed by atoms with E-state index in [9.17, 15) is 18.4 Å². The molecule has 3 aromatic carbocycles. The lowest BCUT2D eigenvalue weighted by atomic mass is 9.87. The van der Waals surface area contributed by atoms with Gasteiger partial charge in [-0.05, 0) is 71.7 Å². The number of piperidine rings is 1. The van der Waals surface area contributed by atoms with E-state index in [1.807, 2.05) is 48.5 Å². The van der Waals surface area contributed by atoms with Gasteiger partial charge in [-0.25, -0.2) is 18.4 Å². The van der Waals surface area contributed by atoms with E-state index >= 15 is 0 Å². The molecule has 1 saturated heterocycles. The molecule has 0 radical (unpaired) electrons. The molecule has 10 heteroatoms. The van der Waals surface area contributed by atoms with Crippen molar-refractivity contribution in [2.45, 2.75) is 51.7 Å². The fourth-order valence-corrected chi connectivity index (χ4v) is 5.72. The van der Waals surface area contributed by atoms with Gasteiger partial charge in [0.05, 0.1) is 12.3 Å². The van der Waals surface area contributed by atoms with Gasteiger partial charge in [0.15, 0.2) is 6.10 Å². The van der Waals surface area contributed by atoms with Gasteiger partial charge < -0.3 is 29.7 Å². The van der Waals surface area contributed by atoms with Crippen molar-refractivity contribution in [2.75, 3.05) is 38.2 Å². The number of benzene rings is 3. The van der Waals surface area contributed by atoms with Gasteiger partial charge in [-0.2, -0.15) is 0 Å². The zero-order valence-electron chi connectivity index (χ0n) is 26.1.